The summed E-state index contributed by atoms with van der Waals surface area (Å²) in [4.78, 5) is 7.57. The zero-order valence-electron chi connectivity index (χ0n) is 10.1. The molecule has 0 radical (unpaired) electrons. The van der Waals surface area contributed by atoms with E-state index in [9.17, 15) is 13.2 Å². The highest BCUT2D eigenvalue weighted by Gasteiger charge is 2.30. The number of hydrogen-bond donors (Lipinski definition) is 0. The van der Waals surface area contributed by atoms with E-state index in [2.05, 4.69) is 9.97 Å². The second-order valence-corrected chi connectivity index (χ2v) is 3.89. The maximum Gasteiger partial charge on any atom is 0.417 e. The highest BCUT2D eigenvalue weighted by Crippen LogP contribution is 2.29. The lowest BCUT2D eigenvalue weighted by Crippen LogP contribution is -2.05. The fourth-order valence-corrected chi connectivity index (χ4v) is 1.51. The van der Waals surface area contributed by atoms with Crippen LogP contribution in [0.15, 0.2) is 42.9 Å². The molecule has 20 heavy (non-hydrogen) atoms. The van der Waals surface area contributed by atoms with Crippen molar-refractivity contribution in [2.45, 2.75) is 6.18 Å². The molecular weight excluding hydrogens is 267 g/mol. The molecule has 2 aromatic heterocycles. The van der Waals surface area contributed by atoms with Gasteiger partial charge in [-0.05, 0) is 29.8 Å². The van der Waals surface area contributed by atoms with Crippen LogP contribution in [0.25, 0.3) is 11.6 Å². The number of nitrogens with zero attached hydrogens (tertiary/aromatic N) is 3. The number of aromatic nitrogens is 2. The Morgan fingerprint density at radius 2 is 2.00 bits per heavy atom. The van der Waals surface area contributed by atoms with Crippen LogP contribution >= 0.6 is 0 Å². The van der Waals surface area contributed by atoms with Crippen LogP contribution in [0.3, 0.4) is 0 Å². The van der Waals surface area contributed by atoms with Crippen molar-refractivity contribution < 1.29 is 13.2 Å². The number of halogens is 3. The second kappa shape index (κ2) is 5.53. The SMILES string of the molecule is N#C/C(=C\c1cccnc1)c1ccc(C(F)(F)F)cn1. The standard InChI is InChI=1S/C14H8F3N3/c15-14(16,17)12-3-4-13(20-9-12)11(7-18)6-10-2-1-5-19-8-10/h1-6,8-9H/b11-6+. The Labute approximate surface area is 113 Å². The zero-order chi connectivity index (χ0) is 14.6. The van der Waals surface area contributed by atoms with Gasteiger partial charge in [-0.3, -0.25) is 9.97 Å². The fourth-order valence-electron chi connectivity index (χ4n) is 1.51. The molecule has 6 heteroatoms. The number of alkyl halides is 3. The van der Waals surface area contributed by atoms with Crippen molar-refractivity contribution in [2.75, 3.05) is 0 Å². The molecule has 0 amide bonds. The van der Waals surface area contributed by atoms with E-state index >= 15 is 0 Å². The molecule has 2 rings (SSSR count). The molecule has 0 unspecified atom stereocenters. The minimum Gasteiger partial charge on any atom is -0.264 e. The molecule has 100 valence electrons. The van der Waals surface area contributed by atoms with Gasteiger partial charge in [0.05, 0.1) is 16.8 Å². The van der Waals surface area contributed by atoms with E-state index < -0.39 is 11.7 Å². The number of pyridine rings is 2. The summed E-state index contributed by atoms with van der Waals surface area (Å²) < 4.78 is 37.3. The van der Waals surface area contributed by atoms with Crippen LogP contribution < -0.4 is 0 Å². The van der Waals surface area contributed by atoms with Crippen LogP contribution in [0.2, 0.25) is 0 Å². The predicted molar refractivity (Wildman–Crippen MR) is 67.0 cm³/mol. The normalized spacial score (nSPS) is 12.0. The van der Waals surface area contributed by atoms with E-state index in [0.29, 0.717) is 11.8 Å². The van der Waals surface area contributed by atoms with Gasteiger partial charge in [0.15, 0.2) is 0 Å². The highest BCUT2D eigenvalue weighted by molar-refractivity contribution is 5.88. The average molecular weight is 275 g/mol. The molecule has 0 aliphatic rings. The molecule has 0 fully saturated rings. The van der Waals surface area contributed by atoms with Crippen LogP contribution in [0.1, 0.15) is 16.8 Å². The minimum absolute atomic E-state index is 0.173. The lowest BCUT2D eigenvalue weighted by atomic mass is 10.1. The molecule has 0 aromatic carbocycles. The van der Waals surface area contributed by atoms with Crippen LogP contribution in [-0.4, -0.2) is 9.97 Å². The molecule has 3 nitrogen and oxygen atoms in total. The smallest absolute Gasteiger partial charge is 0.264 e. The second-order valence-electron chi connectivity index (χ2n) is 3.89. The largest absolute Gasteiger partial charge is 0.417 e. The Bertz CT molecular complexity index is 653. The number of allylic oxidation sites excluding steroid dienone is 1. The third kappa shape index (κ3) is 3.20. The summed E-state index contributed by atoms with van der Waals surface area (Å²) in [6.45, 7) is 0. The monoisotopic (exact) mass is 275 g/mol. The first-order chi connectivity index (χ1) is 9.50. The summed E-state index contributed by atoms with van der Waals surface area (Å²) in [6.07, 6.45) is 0.916. The summed E-state index contributed by atoms with van der Waals surface area (Å²) in [5, 5.41) is 9.07. The van der Waals surface area contributed by atoms with Crippen molar-refractivity contribution in [3.63, 3.8) is 0 Å². The topological polar surface area (TPSA) is 49.6 Å². The van der Waals surface area contributed by atoms with E-state index in [1.54, 1.807) is 24.5 Å². The molecule has 0 bridgehead atoms. The first kappa shape index (κ1) is 13.7. The van der Waals surface area contributed by atoms with Gasteiger partial charge in [-0.25, -0.2) is 0 Å². The molecule has 0 spiro atoms. The summed E-state index contributed by atoms with van der Waals surface area (Å²) in [5.41, 5.74) is 0.182. The summed E-state index contributed by atoms with van der Waals surface area (Å²) >= 11 is 0. The molecule has 0 aliphatic heterocycles. The van der Waals surface area contributed by atoms with Crippen molar-refractivity contribution in [3.8, 4) is 6.07 Å². The molecule has 2 heterocycles. The fraction of sp³-hybridized carbons (Fsp3) is 0.0714. The molecule has 0 saturated carbocycles. The van der Waals surface area contributed by atoms with Crippen molar-refractivity contribution in [1.82, 2.24) is 9.97 Å². The third-order valence-electron chi connectivity index (χ3n) is 2.48. The van der Waals surface area contributed by atoms with E-state index in [1.165, 1.54) is 12.1 Å². The van der Waals surface area contributed by atoms with Gasteiger partial charge in [-0.1, -0.05) is 6.07 Å². The Morgan fingerprint density at radius 3 is 2.50 bits per heavy atom. The van der Waals surface area contributed by atoms with Gasteiger partial charge in [-0.15, -0.1) is 0 Å². The van der Waals surface area contributed by atoms with Gasteiger partial charge < -0.3 is 0 Å². The number of hydrogen-bond acceptors (Lipinski definition) is 3. The Kier molecular flexibility index (Phi) is 3.80. The van der Waals surface area contributed by atoms with Crippen molar-refractivity contribution in [1.29, 1.82) is 5.26 Å². The molecular formula is C14H8F3N3. The maximum atomic E-state index is 12.4. The Morgan fingerprint density at radius 1 is 1.20 bits per heavy atom. The zero-order valence-corrected chi connectivity index (χ0v) is 10.1. The quantitative estimate of drug-likeness (QED) is 0.787. The highest BCUT2D eigenvalue weighted by atomic mass is 19.4. The molecule has 0 saturated heterocycles. The maximum absolute atomic E-state index is 12.4. The van der Waals surface area contributed by atoms with E-state index in [4.69, 9.17) is 5.26 Å². The van der Waals surface area contributed by atoms with Crippen LogP contribution in [0, 0.1) is 11.3 Å². The van der Waals surface area contributed by atoms with Gasteiger partial charge in [0.25, 0.3) is 0 Å². The summed E-state index contributed by atoms with van der Waals surface area (Å²) in [6, 6.07) is 7.42. The van der Waals surface area contributed by atoms with Gasteiger partial charge >= 0.3 is 6.18 Å². The van der Waals surface area contributed by atoms with Crippen LogP contribution in [-0.2, 0) is 6.18 Å². The minimum atomic E-state index is -4.44. The van der Waals surface area contributed by atoms with Crippen molar-refractivity contribution >= 4 is 11.6 Å². The van der Waals surface area contributed by atoms with E-state index in [1.807, 2.05) is 6.07 Å². The molecule has 0 N–H and O–H groups in total. The Balaban J connectivity index is 2.34. The van der Waals surface area contributed by atoms with Crippen LogP contribution in [0.5, 0.6) is 0 Å². The average Bonchev–Trinajstić information content (AvgIpc) is 2.45. The van der Waals surface area contributed by atoms with Gasteiger partial charge in [0.1, 0.15) is 6.07 Å². The number of rotatable bonds is 2. The van der Waals surface area contributed by atoms with Gasteiger partial charge in [-0.2, -0.15) is 18.4 Å². The predicted octanol–water partition coefficient (Wildman–Crippen LogP) is 3.56. The summed E-state index contributed by atoms with van der Waals surface area (Å²) in [7, 11) is 0. The first-order valence-corrected chi connectivity index (χ1v) is 5.56. The molecule has 0 aliphatic carbocycles. The first-order valence-electron chi connectivity index (χ1n) is 5.56. The molecule has 2 aromatic rings. The summed E-state index contributed by atoms with van der Waals surface area (Å²) in [5.74, 6) is 0. The number of nitriles is 1. The van der Waals surface area contributed by atoms with E-state index in [-0.39, 0.29) is 11.3 Å². The lowest BCUT2D eigenvalue weighted by Gasteiger charge is -2.06. The van der Waals surface area contributed by atoms with Crippen molar-refractivity contribution in [3.05, 3.63) is 59.7 Å². The van der Waals surface area contributed by atoms with Gasteiger partial charge in [0, 0.05) is 18.6 Å². The van der Waals surface area contributed by atoms with Crippen molar-refractivity contribution in [2.24, 2.45) is 0 Å². The Hall–Kier alpha value is -2.68. The molecule has 0 atom stereocenters. The third-order valence-corrected chi connectivity index (χ3v) is 2.48. The van der Waals surface area contributed by atoms with Gasteiger partial charge in [0.2, 0.25) is 0 Å². The van der Waals surface area contributed by atoms with Crippen LogP contribution in [0.4, 0.5) is 13.2 Å². The lowest BCUT2D eigenvalue weighted by molar-refractivity contribution is -0.137. The van der Waals surface area contributed by atoms with E-state index in [0.717, 1.165) is 6.07 Å².